The molecule has 0 bridgehead atoms. The predicted octanol–water partition coefficient (Wildman–Crippen LogP) is 2.82. The maximum absolute atomic E-state index is 12.3. The third-order valence-electron chi connectivity index (χ3n) is 4.06. The van der Waals surface area contributed by atoms with Crippen molar-refractivity contribution in [1.82, 2.24) is 10.2 Å². The number of hydrogen-bond donors (Lipinski definition) is 1. The van der Waals surface area contributed by atoms with Gasteiger partial charge in [-0.1, -0.05) is 48.0 Å². The van der Waals surface area contributed by atoms with Crippen molar-refractivity contribution in [3.05, 3.63) is 0 Å². The monoisotopic (exact) mass is 296 g/mol. The molecule has 2 unspecified atom stereocenters. The van der Waals surface area contributed by atoms with E-state index in [1.807, 2.05) is 39.5 Å². The summed E-state index contributed by atoms with van der Waals surface area (Å²) in [6, 6.07) is 0.0877. The molecule has 0 aromatic carbocycles. The fourth-order valence-corrected chi connectivity index (χ4v) is 2.87. The van der Waals surface area contributed by atoms with Gasteiger partial charge in [-0.05, 0) is 18.8 Å². The minimum absolute atomic E-state index is 0.0179. The Labute approximate surface area is 129 Å². The van der Waals surface area contributed by atoms with Crippen molar-refractivity contribution in [2.75, 3.05) is 13.1 Å². The first-order valence-corrected chi connectivity index (χ1v) is 8.24. The standard InChI is InChI=1S/C17H32N2O2/c1-7-8-13-9-14(18-16(21)17(4,5)6)11-19(10-13)15(20)12(2)3/h12-14H,7-11H2,1-6H3,(H,18,21). The normalized spacial score (nSPS) is 23.3. The number of hydrogen-bond acceptors (Lipinski definition) is 2. The SMILES string of the molecule is CCCC1CC(NC(=O)C(C)(C)C)CN(C(=O)C(C)C)C1. The van der Waals surface area contributed by atoms with E-state index < -0.39 is 0 Å². The summed E-state index contributed by atoms with van der Waals surface area (Å²) < 4.78 is 0. The molecule has 2 amide bonds. The highest BCUT2D eigenvalue weighted by atomic mass is 16.2. The highest BCUT2D eigenvalue weighted by molar-refractivity contribution is 5.82. The van der Waals surface area contributed by atoms with Crippen molar-refractivity contribution in [2.24, 2.45) is 17.3 Å². The minimum Gasteiger partial charge on any atom is -0.351 e. The largest absolute Gasteiger partial charge is 0.351 e. The average molecular weight is 296 g/mol. The first-order chi connectivity index (χ1) is 9.65. The second-order valence-electron chi connectivity index (χ2n) is 7.71. The molecule has 1 aliphatic heterocycles. The molecule has 1 heterocycles. The first-order valence-electron chi connectivity index (χ1n) is 8.24. The van der Waals surface area contributed by atoms with Gasteiger partial charge in [0.25, 0.3) is 0 Å². The molecule has 0 aromatic heterocycles. The molecule has 0 saturated carbocycles. The van der Waals surface area contributed by atoms with Crippen LogP contribution in [0.5, 0.6) is 0 Å². The van der Waals surface area contributed by atoms with Crippen LogP contribution in [-0.4, -0.2) is 35.8 Å². The highest BCUT2D eigenvalue weighted by Crippen LogP contribution is 2.24. The first kappa shape index (κ1) is 18.0. The van der Waals surface area contributed by atoms with Crippen molar-refractivity contribution in [2.45, 2.75) is 66.8 Å². The van der Waals surface area contributed by atoms with Gasteiger partial charge in [-0.3, -0.25) is 9.59 Å². The molecule has 1 N–H and O–H groups in total. The summed E-state index contributed by atoms with van der Waals surface area (Å²) in [5.74, 6) is 0.786. The van der Waals surface area contributed by atoms with E-state index in [0.29, 0.717) is 12.5 Å². The molecule has 122 valence electrons. The van der Waals surface area contributed by atoms with Crippen LogP contribution in [0, 0.1) is 17.3 Å². The molecule has 0 aliphatic carbocycles. The molecule has 1 fully saturated rings. The van der Waals surface area contributed by atoms with E-state index >= 15 is 0 Å². The Morgan fingerprint density at radius 3 is 2.33 bits per heavy atom. The second-order valence-corrected chi connectivity index (χ2v) is 7.71. The van der Waals surface area contributed by atoms with E-state index in [1.165, 1.54) is 0 Å². The van der Waals surface area contributed by atoms with Gasteiger partial charge in [-0.25, -0.2) is 0 Å². The molecule has 1 rings (SSSR count). The summed E-state index contributed by atoms with van der Waals surface area (Å²) in [6.45, 7) is 13.3. The fraction of sp³-hybridized carbons (Fsp3) is 0.882. The summed E-state index contributed by atoms with van der Waals surface area (Å²) in [5, 5.41) is 3.14. The van der Waals surface area contributed by atoms with Gasteiger partial charge in [-0.2, -0.15) is 0 Å². The van der Waals surface area contributed by atoms with Gasteiger partial charge in [0, 0.05) is 30.5 Å². The van der Waals surface area contributed by atoms with Gasteiger partial charge in [0.05, 0.1) is 0 Å². The molecule has 1 aliphatic rings. The lowest BCUT2D eigenvalue weighted by Crippen LogP contribution is -2.54. The lowest BCUT2D eigenvalue weighted by atomic mass is 9.88. The predicted molar refractivity (Wildman–Crippen MR) is 85.8 cm³/mol. The number of nitrogens with one attached hydrogen (secondary N) is 1. The summed E-state index contributed by atoms with van der Waals surface area (Å²) in [4.78, 5) is 26.4. The van der Waals surface area contributed by atoms with Gasteiger partial charge < -0.3 is 10.2 Å². The van der Waals surface area contributed by atoms with Crippen molar-refractivity contribution in [3.63, 3.8) is 0 Å². The Balaban J connectivity index is 2.74. The van der Waals surface area contributed by atoms with E-state index in [2.05, 4.69) is 12.2 Å². The molecule has 1 saturated heterocycles. The van der Waals surface area contributed by atoms with Crippen LogP contribution in [0.2, 0.25) is 0 Å². The van der Waals surface area contributed by atoms with Gasteiger partial charge in [-0.15, -0.1) is 0 Å². The van der Waals surface area contributed by atoms with E-state index in [4.69, 9.17) is 0 Å². The summed E-state index contributed by atoms with van der Waals surface area (Å²) >= 11 is 0. The zero-order valence-corrected chi connectivity index (χ0v) is 14.5. The molecule has 2 atom stereocenters. The fourth-order valence-electron chi connectivity index (χ4n) is 2.87. The van der Waals surface area contributed by atoms with Gasteiger partial charge in [0.1, 0.15) is 0 Å². The van der Waals surface area contributed by atoms with Crippen molar-refractivity contribution in [1.29, 1.82) is 0 Å². The van der Waals surface area contributed by atoms with Crippen molar-refractivity contribution < 1.29 is 9.59 Å². The lowest BCUT2D eigenvalue weighted by Gasteiger charge is -2.39. The molecule has 0 aromatic rings. The molecule has 21 heavy (non-hydrogen) atoms. The van der Waals surface area contributed by atoms with Crippen LogP contribution in [0.3, 0.4) is 0 Å². The Kier molecular flexibility index (Phi) is 6.24. The van der Waals surface area contributed by atoms with E-state index in [0.717, 1.165) is 25.8 Å². The maximum Gasteiger partial charge on any atom is 0.225 e. The molecule has 4 heteroatoms. The number of nitrogens with zero attached hydrogens (tertiary/aromatic N) is 1. The third-order valence-corrected chi connectivity index (χ3v) is 4.06. The maximum atomic E-state index is 12.3. The van der Waals surface area contributed by atoms with Crippen molar-refractivity contribution in [3.8, 4) is 0 Å². The number of amides is 2. The minimum atomic E-state index is -0.384. The summed E-state index contributed by atoms with van der Waals surface area (Å²) in [5.41, 5.74) is -0.384. The summed E-state index contributed by atoms with van der Waals surface area (Å²) in [6.07, 6.45) is 3.22. The van der Waals surface area contributed by atoms with Crippen LogP contribution in [0.15, 0.2) is 0 Å². The molecular weight excluding hydrogens is 264 g/mol. The number of carbonyl (C=O) groups is 2. The van der Waals surface area contributed by atoms with Crippen molar-refractivity contribution >= 4 is 11.8 Å². The van der Waals surface area contributed by atoms with Crippen LogP contribution in [0.25, 0.3) is 0 Å². The summed E-state index contributed by atoms with van der Waals surface area (Å²) in [7, 11) is 0. The Bertz CT molecular complexity index is 371. The number of piperidine rings is 1. The van der Waals surface area contributed by atoms with E-state index in [1.54, 1.807) is 0 Å². The lowest BCUT2D eigenvalue weighted by molar-refractivity contribution is -0.138. The second kappa shape index (κ2) is 7.28. The van der Waals surface area contributed by atoms with Crippen LogP contribution in [0.4, 0.5) is 0 Å². The van der Waals surface area contributed by atoms with Gasteiger partial charge >= 0.3 is 0 Å². The van der Waals surface area contributed by atoms with Gasteiger partial charge in [0.15, 0.2) is 0 Å². The van der Waals surface area contributed by atoms with Crippen LogP contribution < -0.4 is 5.32 Å². The van der Waals surface area contributed by atoms with E-state index in [9.17, 15) is 9.59 Å². The average Bonchev–Trinajstić information content (AvgIpc) is 2.36. The Morgan fingerprint density at radius 1 is 1.24 bits per heavy atom. The molecule has 0 radical (unpaired) electrons. The third kappa shape index (κ3) is 5.33. The zero-order valence-electron chi connectivity index (χ0n) is 14.5. The molecule has 0 spiro atoms. The Hall–Kier alpha value is -1.06. The van der Waals surface area contributed by atoms with Crippen LogP contribution >= 0.6 is 0 Å². The zero-order chi connectivity index (χ0) is 16.2. The highest BCUT2D eigenvalue weighted by Gasteiger charge is 2.33. The number of likely N-dealkylation sites (tertiary alicyclic amines) is 1. The smallest absolute Gasteiger partial charge is 0.225 e. The molecule has 4 nitrogen and oxygen atoms in total. The Morgan fingerprint density at radius 2 is 1.86 bits per heavy atom. The van der Waals surface area contributed by atoms with E-state index in [-0.39, 0.29) is 29.2 Å². The van der Waals surface area contributed by atoms with Crippen LogP contribution in [0.1, 0.15) is 60.8 Å². The van der Waals surface area contributed by atoms with Gasteiger partial charge in [0.2, 0.25) is 11.8 Å². The van der Waals surface area contributed by atoms with Crippen LogP contribution in [-0.2, 0) is 9.59 Å². The molecular formula is C17H32N2O2. The topological polar surface area (TPSA) is 49.4 Å². The number of carbonyl (C=O) groups excluding carboxylic acids is 2. The quantitative estimate of drug-likeness (QED) is 0.867. The number of rotatable bonds is 4.